The van der Waals surface area contributed by atoms with Gasteiger partial charge in [0.1, 0.15) is 5.15 Å². The molecule has 2 rings (SSSR count). The van der Waals surface area contributed by atoms with Gasteiger partial charge in [-0.25, -0.2) is 4.98 Å². The molecule has 2 heterocycles. The lowest BCUT2D eigenvalue weighted by Gasteiger charge is -2.36. The lowest BCUT2D eigenvalue weighted by atomic mass is 10.1. The number of halogens is 1. The van der Waals surface area contributed by atoms with Crippen LogP contribution in [0.4, 0.5) is 5.69 Å². The van der Waals surface area contributed by atoms with E-state index >= 15 is 0 Å². The molecule has 1 aromatic heterocycles. The van der Waals surface area contributed by atoms with E-state index in [4.69, 9.17) is 16.3 Å². The highest BCUT2D eigenvalue weighted by molar-refractivity contribution is 6.29. The summed E-state index contributed by atoms with van der Waals surface area (Å²) in [6.45, 7) is 7.28. The first kappa shape index (κ1) is 15.5. The molecule has 0 radical (unpaired) electrons. The first-order valence-corrected chi connectivity index (χ1v) is 7.30. The maximum atomic E-state index is 9.85. The van der Waals surface area contributed by atoms with Crippen LogP contribution < -0.4 is 4.90 Å². The second-order valence-electron chi connectivity index (χ2n) is 5.04. The predicted octanol–water partition coefficient (Wildman–Crippen LogP) is 1.56. The standard InChI is InChI=1S/C14H22ClN3O2/c1-11(19)14-12(3-4-13(15)16-14)18-7-5-17(6-8-18)9-10-20-2/h3-4,11,19H,5-10H2,1-2H3. The smallest absolute Gasteiger partial charge is 0.129 e. The van der Waals surface area contributed by atoms with Crippen LogP contribution in [0.25, 0.3) is 0 Å². The van der Waals surface area contributed by atoms with Crippen LogP contribution in [-0.2, 0) is 4.74 Å². The molecule has 1 fully saturated rings. The molecule has 1 unspecified atom stereocenters. The number of aliphatic hydroxyl groups excluding tert-OH is 1. The molecule has 0 aromatic carbocycles. The molecule has 1 aliphatic heterocycles. The van der Waals surface area contributed by atoms with Crippen LogP contribution in [0.2, 0.25) is 5.15 Å². The molecule has 1 N–H and O–H groups in total. The van der Waals surface area contributed by atoms with Gasteiger partial charge in [0.15, 0.2) is 0 Å². The molecule has 0 amide bonds. The van der Waals surface area contributed by atoms with Crippen molar-refractivity contribution in [1.29, 1.82) is 0 Å². The van der Waals surface area contributed by atoms with E-state index in [0.717, 1.165) is 45.0 Å². The molecular formula is C14H22ClN3O2. The third-order valence-corrected chi connectivity index (χ3v) is 3.80. The van der Waals surface area contributed by atoms with Crippen molar-refractivity contribution < 1.29 is 9.84 Å². The van der Waals surface area contributed by atoms with Crippen molar-refractivity contribution in [3.63, 3.8) is 0 Å². The van der Waals surface area contributed by atoms with E-state index in [1.54, 1.807) is 20.1 Å². The van der Waals surface area contributed by atoms with Gasteiger partial charge in [-0.15, -0.1) is 0 Å². The van der Waals surface area contributed by atoms with Gasteiger partial charge in [-0.2, -0.15) is 0 Å². The van der Waals surface area contributed by atoms with Crippen LogP contribution in [-0.4, -0.2) is 61.4 Å². The minimum absolute atomic E-state index is 0.420. The summed E-state index contributed by atoms with van der Waals surface area (Å²) in [4.78, 5) is 8.90. The zero-order chi connectivity index (χ0) is 14.5. The van der Waals surface area contributed by atoms with Crippen molar-refractivity contribution >= 4 is 17.3 Å². The van der Waals surface area contributed by atoms with Crippen LogP contribution in [0.1, 0.15) is 18.7 Å². The molecule has 5 nitrogen and oxygen atoms in total. The van der Waals surface area contributed by atoms with Gasteiger partial charge < -0.3 is 14.7 Å². The second kappa shape index (κ2) is 7.22. The summed E-state index contributed by atoms with van der Waals surface area (Å²) in [5.74, 6) is 0. The third kappa shape index (κ3) is 3.82. The highest BCUT2D eigenvalue weighted by atomic mass is 35.5. The summed E-state index contributed by atoms with van der Waals surface area (Å²) < 4.78 is 5.11. The van der Waals surface area contributed by atoms with E-state index in [1.165, 1.54) is 0 Å². The fourth-order valence-corrected chi connectivity index (χ4v) is 2.60. The Labute approximate surface area is 125 Å². The molecule has 112 valence electrons. The van der Waals surface area contributed by atoms with Gasteiger partial charge in [0.05, 0.1) is 24.1 Å². The predicted molar refractivity (Wildman–Crippen MR) is 80.4 cm³/mol. The van der Waals surface area contributed by atoms with Gasteiger partial charge in [-0.3, -0.25) is 4.90 Å². The SMILES string of the molecule is COCCN1CCN(c2ccc(Cl)nc2C(C)O)CC1. The number of nitrogens with zero attached hydrogens (tertiary/aromatic N) is 3. The zero-order valence-electron chi connectivity index (χ0n) is 12.0. The van der Waals surface area contributed by atoms with E-state index < -0.39 is 6.10 Å². The molecule has 1 aromatic rings. The van der Waals surface area contributed by atoms with Crippen molar-refractivity contribution in [3.8, 4) is 0 Å². The number of anilines is 1. The molecule has 1 aliphatic rings. The van der Waals surface area contributed by atoms with Gasteiger partial charge in [0.2, 0.25) is 0 Å². The third-order valence-electron chi connectivity index (χ3n) is 3.59. The maximum Gasteiger partial charge on any atom is 0.129 e. The Morgan fingerprint density at radius 3 is 2.65 bits per heavy atom. The minimum atomic E-state index is -0.616. The Morgan fingerprint density at radius 2 is 2.05 bits per heavy atom. The maximum absolute atomic E-state index is 9.85. The molecule has 20 heavy (non-hydrogen) atoms. The van der Waals surface area contributed by atoms with Gasteiger partial charge in [0.25, 0.3) is 0 Å². The van der Waals surface area contributed by atoms with Crippen molar-refractivity contribution in [3.05, 3.63) is 23.0 Å². The normalized spacial score (nSPS) is 18.3. The Bertz CT molecular complexity index is 434. The van der Waals surface area contributed by atoms with Crippen LogP contribution in [0.3, 0.4) is 0 Å². The average molecular weight is 300 g/mol. The molecule has 1 saturated heterocycles. The first-order chi connectivity index (χ1) is 9.61. The number of ether oxygens (including phenoxy) is 1. The topological polar surface area (TPSA) is 48.8 Å². The first-order valence-electron chi connectivity index (χ1n) is 6.92. The molecule has 1 atom stereocenters. The summed E-state index contributed by atoms with van der Waals surface area (Å²) >= 11 is 5.92. The number of hydrogen-bond donors (Lipinski definition) is 1. The average Bonchev–Trinajstić information content (AvgIpc) is 2.45. The molecule has 0 bridgehead atoms. The molecule has 0 saturated carbocycles. The molecule has 0 aliphatic carbocycles. The summed E-state index contributed by atoms with van der Waals surface area (Å²) in [5.41, 5.74) is 1.64. The van der Waals surface area contributed by atoms with Gasteiger partial charge >= 0.3 is 0 Å². The van der Waals surface area contributed by atoms with Crippen LogP contribution in [0.5, 0.6) is 0 Å². The highest BCUT2D eigenvalue weighted by Crippen LogP contribution is 2.27. The largest absolute Gasteiger partial charge is 0.387 e. The Morgan fingerprint density at radius 1 is 1.35 bits per heavy atom. The zero-order valence-corrected chi connectivity index (χ0v) is 12.8. The Kier molecular flexibility index (Phi) is 5.60. The molecular weight excluding hydrogens is 278 g/mol. The summed E-state index contributed by atoms with van der Waals surface area (Å²) in [7, 11) is 1.73. The number of rotatable bonds is 5. The van der Waals surface area contributed by atoms with Gasteiger partial charge in [-0.05, 0) is 19.1 Å². The summed E-state index contributed by atoms with van der Waals surface area (Å²) in [6.07, 6.45) is -0.616. The van der Waals surface area contributed by atoms with Crippen molar-refractivity contribution in [2.24, 2.45) is 0 Å². The molecule has 6 heteroatoms. The summed E-state index contributed by atoms with van der Waals surface area (Å²) in [5, 5.41) is 10.3. The lowest BCUT2D eigenvalue weighted by Crippen LogP contribution is -2.47. The number of hydrogen-bond acceptors (Lipinski definition) is 5. The quantitative estimate of drug-likeness (QED) is 0.836. The van der Waals surface area contributed by atoms with E-state index in [-0.39, 0.29) is 0 Å². The Balaban J connectivity index is 2.03. The highest BCUT2D eigenvalue weighted by Gasteiger charge is 2.21. The van der Waals surface area contributed by atoms with Crippen LogP contribution >= 0.6 is 11.6 Å². The number of methoxy groups -OCH3 is 1. The fraction of sp³-hybridized carbons (Fsp3) is 0.643. The minimum Gasteiger partial charge on any atom is -0.387 e. The molecule has 0 spiro atoms. The van der Waals surface area contributed by atoms with Crippen molar-refractivity contribution in [2.75, 3.05) is 51.3 Å². The number of aliphatic hydroxyl groups is 1. The van der Waals surface area contributed by atoms with Gasteiger partial charge in [-0.1, -0.05) is 11.6 Å². The number of pyridine rings is 1. The second-order valence-corrected chi connectivity index (χ2v) is 5.42. The van der Waals surface area contributed by atoms with Crippen molar-refractivity contribution in [2.45, 2.75) is 13.0 Å². The van der Waals surface area contributed by atoms with Crippen LogP contribution in [0.15, 0.2) is 12.1 Å². The number of aromatic nitrogens is 1. The summed E-state index contributed by atoms with van der Waals surface area (Å²) in [6, 6.07) is 3.72. The van der Waals surface area contributed by atoms with Gasteiger partial charge in [0, 0.05) is 39.8 Å². The van der Waals surface area contributed by atoms with E-state index in [2.05, 4.69) is 14.8 Å². The monoisotopic (exact) mass is 299 g/mol. The Hall–Kier alpha value is -0.880. The van der Waals surface area contributed by atoms with E-state index in [1.807, 2.05) is 6.07 Å². The number of piperazine rings is 1. The van der Waals surface area contributed by atoms with E-state index in [9.17, 15) is 5.11 Å². The van der Waals surface area contributed by atoms with Crippen LogP contribution in [0, 0.1) is 0 Å². The van der Waals surface area contributed by atoms with Crippen molar-refractivity contribution in [1.82, 2.24) is 9.88 Å². The van der Waals surface area contributed by atoms with E-state index in [0.29, 0.717) is 10.8 Å². The fourth-order valence-electron chi connectivity index (χ4n) is 2.45. The lowest BCUT2D eigenvalue weighted by molar-refractivity contribution is 0.143.